The molecule has 0 saturated heterocycles. The monoisotopic (exact) mass is 132 g/mol. The third-order valence-corrected chi connectivity index (χ3v) is 2.28. The molecule has 1 aliphatic carbocycles. The molecule has 1 fully saturated rings. The number of thiol groups is 1. The second kappa shape index (κ2) is 3.36. The van der Waals surface area contributed by atoms with Gasteiger partial charge in [-0.3, -0.25) is 4.72 Å². The average molecular weight is 132 g/mol. The zero-order valence-electron chi connectivity index (χ0n) is 5.14. The maximum atomic E-state index is 4.14. The molecule has 0 aromatic heterocycles. The summed E-state index contributed by atoms with van der Waals surface area (Å²) >= 11 is 4.14. The minimum Gasteiger partial charge on any atom is -0.285 e. The van der Waals surface area contributed by atoms with Crippen LogP contribution in [0.15, 0.2) is 0 Å². The second-order valence-corrected chi connectivity index (χ2v) is 2.85. The summed E-state index contributed by atoms with van der Waals surface area (Å²) in [5.41, 5.74) is 0. The molecule has 48 valence electrons. The second-order valence-electron chi connectivity index (χ2n) is 2.55. The van der Waals surface area contributed by atoms with E-state index < -0.39 is 0 Å². The molecule has 0 bridgehead atoms. The lowest BCUT2D eigenvalue weighted by atomic mass is 9.96. The van der Waals surface area contributed by atoms with Crippen LogP contribution in [-0.4, -0.2) is 6.04 Å². The van der Waals surface area contributed by atoms with Gasteiger partial charge in [0.1, 0.15) is 0 Å². The summed E-state index contributed by atoms with van der Waals surface area (Å²) in [5, 5.41) is 0. The smallest absolute Gasteiger partial charge is 0.0962 e. The van der Waals surface area contributed by atoms with Crippen LogP contribution < -0.4 is 4.72 Å². The van der Waals surface area contributed by atoms with Gasteiger partial charge in [-0.2, -0.15) is 0 Å². The third-order valence-electron chi connectivity index (χ3n) is 1.86. The molecule has 0 aromatic rings. The van der Waals surface area contributed by atoms with Crippen LogP contribution in [0.3, 0.4) is 0 Å². The Hall–Kier alpha value is 0.310. The molecule has 0 radical (unpaired) electrons. The SMILES string of the molecule is S[NH2+]C1CCCCC1. The standard InChI is InChI=1S/C6H13NS/c8-7-6-4-2-1-3-5-6/h6-8H,1-5H2/p+1. The van der Waals surface area contributed by atoms with Crippen LogP contribution in [0.25, 0.3) is 0 Å². The van der Waals surface area contributed by atoms with E-state index in [0.29, 0.717) is 0 Å². The molecule has 0 amide bonds. The lowest BCUT2D eigenvalue weighted by Crippen LogP contribution is -2.80. The van der Waals surface area contributed by atoms with Crippen molar-refractivity contribution in [2.75, 3.05) is 0 Å². The van der Waals surface area contributed by atoms with Crippen LogP contribution in [0.1, 0.15) is 32.1 Å². The molecule has 8 heavy (non-hydrogen) atoms. The summed E-state index contributed by atoms with van der Waals surface area (Å²) in [6.45, 7) is 0. The van der Waals surface area contributed by atoms with Gasteiger partial charge in [0.25, 0.3) is 0 Å². The number of quaternary nitrogens is 1. The van der Waals surface area contributed by atoms with Crippen molar-refractivity contribution in [1.29, 1.82) is 0 Å². The fourth-order valence-corrected chi connectivity index (χ4v) is 1.58. The highest BCUT2D eigenvalue weighted by Gasteiger charge is 2.13. The summed E-state index contributed by atoms with van der Waals surface area (Å²) in [6.07, 6.45) is 7.04. The van der Waals surface area contributed by atoms with E-state index in [-0.39, 0.29) is 0 Å². The van der Waals surface area contributed by atoms with E-state index in [1.807, 2.05) is 0 Å². The lowest BCUT2D eigenvalue weighted by Gasteiger charge is -2.15. The molecule has 1 nitrogen and oxygen atoms in total. The topological polar surface area (TPSA) is 16.6 Å². The van der Waals surface area contributed by atoms with E-state index in [2.05, 4.69) is 17.5 Å². The molecule has 1 rings (SSSR count). The Bertz CT molecular complexity index is 59.5. The Balaban J connectivity index is 2.13. The lowest BCUT2D eigenvalue weighted by molar-refractivity contribution is -0.525. The molecule has 0 atom stereocenters. The Morgan fingerprint density at radius 1 is 1.12 bits per heavy atom. The van der Waals surface area contributed by atoms with Gasteiger partial charge in [0.2, 0.25) is 0 Å². The van der Waals surface area contributed by atoms with Crippen molar-refractivity contribution in [3.05, 3.63) is 0 Å². The highest BCUT2D eigenvalue weighted by Crippen LogP contribution is 2.14. The molecule has 0 spiro atoms. The first-order valence-corrected chi connectivity index (χ1v) is 3.92. The van der Waals surface area contributed by atoms with Crippen molar-refractivity contribution >= 4 is 12.8 Å². The number of rotatable bonds is 1. The van der Waals surface area contributed by atoms with E-state index in [0.717, 1.165) is 6.04 Å². The largest absolute Gasteiger partial charge is 0.285 e. The van der Waals surface area contributed by atoms with Crippen molar-refractivity contribution in [2.24, 2.45) is 0 Å². The van der Waals surface area contributed by atoms with Crippen LogP contribution in [-0.2, 0) is 0 Å². The van der Waals surface area contributed by atoms with Gasteiger partial charge in [0.15, 0.2) is 0 Å². The van der Waals surface area contributed by atoms with Gasteiger partial charge < -0.3 is 0 Å². The molecule has 2 N–H and O–H groups in total. The molecule has 0 unspecified atom stereocenters. The van der Waals surface area contributed by atoms with Crippen LogP contribution in [0.4, 0.5) is 0 Å². The summed E-state index contributed by atoms with van der Waals surface area (Å²) in [7, 11) is 0. The Labute approximate surface area is 56.4 Å². The number of hydrogen-bond donors (Lipinski definition) is 2. The fourth-order valence-electron chi connectivity index (χ4n) is 1.28. The van der Waals surface area contributed by atoms with E-state index in [9.17, 15) is 0 Å². The van der Waals surface area contributed by atoms with Gasteiger partial charge in [-0.05, 0) is 12.8 Å². The van der Waals surface area contributed by atoms with Crippen LogP contribution in [0.5, 0.6) is 0 Å². The first kappa shape index (κ1) is 6.43. The maximum absolute atomic E-state index is 4.14. The summed E-state index contributed by atoms with van der Waals surface area (Å²) in [4.78, 5) is 0. The summed E-state index contributed by atoms with van der Waals surface area (Å²) < 4.78 is 2.05. The van der Waals surface area contributed by atoms with Crippen molar-refractivity contribution in [2.45, 2.75) is 38.1 Å². The van der Waals surface area contributed by atoms with E-state index >= 15 is 0 Å². The minimum absolute atomic E-state index is 0.826. The van der Waals surface area contributed by atoms with Gasteiger partial charge in [-0.15, -0.1) is 0 Å². The first-order valence-electron chi connectivity index (χ1n) is 3.41. The van der Waals surface area contributed by atoms with E-state index in [1.54, 1.807) is 0 Å². The predicted octanol–water partition coefficient (Wildman–Crippen LogP) is 0.727. The molecule has 0 heterocycles. The minimum atomic E-state index is 0.826. The van der Waals surface area contributed by atoms with Crippen LogP contribution >= 0.6 is 12.8 Å². The van der Waals surface area contributed by atoms with Crippen molar-refractivity contribution in [3.8, 4) is 0 Å². The summed E-state index contributed by atoms with van der Waals surface area (Å²) in [6, 6.07) is 0.826. The molecule has 1 saturated carbocycles. The van der Waals surface area contributed by atoms with Crippen molar-refractivity contribution in [3.63, 3.8) is 0 Å². The molecule has 0 aliphatic heterocycles. The molecular weight excluding hydrogens is 118 g/mol. The summed E-state index contributed by atoms with van der Waals surface area (Å²) in [5.74, 6) is 0. The molecule has 1 aliphatic rings. The van der Waals surface area contributed by atoms with Crippen molar-refractivity contribution in [1.82, 2.24) is 0 Å². The van der Waals surface area contributed by atoms with Gasteiger partial charge in [0, 0.05) is 12.8 Å². The molecular formula is C6H14NS+. The quantitative estimate of drug-likeness (QED) is 0.489. The van der Waals surface area contributed by atoms with Crippen LogP contribution in [0, 0.1) is 0 Å². The van der Waals surface area contributed by atoms with Gasteiger partial charge in [-0.25, -0.2) is 0 Å². The predicted molar refractivity (Wildman–Crippen MR) is 37.8 cm³/mol. The highest BCUT2D eigenvalue weighted by molar-refractivity contribution is 7.72. The normalized spacial score (nSPS) is 23.6. The van der Waals surface area contributed by atoms with Crippen molar-refractivity contribution < 1.29 is 4.72 Å². The van der Waals surface area contributed by atoms with Crippen LogP contribution in [0.2, 0.25) is 0 Å². The fraction of sp³-hybridized carbons (Fsp3) is 1.00. The average Bonchev–Trinajstić information content (AvgIpc) is 1.90. The number of hydrogen-bond acceptors (Lipinski definition) is 1. The Kier molecular flexibility index (Phi) is 2.70. The zero-order valence-corrected chi connectivity index (χ0v) is 6.03. The number of nitrogens with two attached hydrogens (primary N) is 1. The molecule has 2 heteroatoms. The zero-order chi connectivity index (χ0) is 5.82. The van der Waals surface area contributed by atoms with Gasteiger partial charge in [-0.1, -0.05) is 6.42 Å². The Morgan fingerprint density at radius 3 is 2.12 bits per heavy atom. The van der Waals surface area contributed by atoms with E-state index in [1.165, 1.54) is 32.1 Å². The Morgan fingerprint density at radius 2 is 1.75 bits per heavy atom. The third kappa shape index (κ3) is 1.67. The first-order chi connectivity index (χ1) is 3.93. The van der Waals surface area contributed by atoms with Gasteiger partial charge in [0.05, 0.1) is 18.9 Å². The maximum Gasteiger partial charge on any atom is 0.0962 e. The van der Waals surface area contributed by atoms with Gasteiger partial charge >= 0.3 is 0 Å². The van der Waals surface area contributed by atoms with E-state index in [4.69, 9.17) is 0 Å². The molecule has 0 aromatic carbocycles. The highest BCUT2D eigenvalue weighted by atomic mass is 32.1.